The normalized spacial score (nSPS) is 13.1. The van der Waals surface area contributed by atoms with Crippen LogP contribution < -0.4 is 4.90 Å². The molecule has 0 N–H and O–H groups in total. The lowest BCUT2D eigenvalue weighted by atomic mass is 9.67. The quantitative estimate of drug-likeness (QED) is 0.178. The molecule has 0 radical (unpaired) electrons. The summed E-state index contributed by atoms with van der Waals surface area (Å²) in [5.74, 6) is 0. The Morgan fingerprint density at radius 2 is 0.893 bits per heavy atom. The molecule has 3 nitrogen and oxygen atoms in total. The first-order valence-corrected chi connectivity index (χ1v) is 19.2. The van der Waals surface area contributed by atoms with Crippen molar-refractivity contribution in [3.05, 3.63) is 222 Å². The zero-order valence-corrected chi connectivity index (χ0v) is 30.3. The average molecular weight is 716 g/mol. The Balaban J connectivity index is 1.12. The van der Waals surface area contributed by atoms with Crippen LogP contribution in [0.25, 0.3) is 65.8 Å². The van der Waals surface area contributed by atoms with Gasteiger partial charge in [-0.25, -0.2) is 0 Å². The van der Waals surface area contributed by atoms with Crippen LogP contribution in [0, 0.1) is 0 Å². The zero-order valence-electron chi connectivity index (χ0n) is 30.3. The highest BCUT2D eigenvalue weighted by Gasteiger charge is 2.46. The van der Waals surface area contributed by atoms with E-state index in [9.17, 15) is 0 Å². The van der Waals surface area contributed by atoms with Crippen LogP contribution >= 0.6 is 0 Å². The fourth-order valence-corrected chi connectivity index (χ4v) is 9.62. The summed E-state index contributed by atoms with van der Waals surface area (Å²) < 4.78 is 13.5. The van der Waals surface area contributed by atoms with E-state index in [2.05, 4.69) is 193 Å². The van der Waals surface area contributed by atoms with E-state index >= 15 is 0 Å². The van der Waals surface area contributed by atoms with Gasteiger partial charge in [-0.05, 0) is 81.2 Å². The molecule has 0 bridgehead atoms. The number of hydrogen-bond donors (Lipinski definition) is 0. The molecule has 9 aromatic carbocycles. The van der Waals surface area contributed by atoms with Crippen LogP contribution in [0.15, 0.2) is 209 Å². The molecule has 0 aliphatic heterocycles. The van der Waals surface area contributed by atoms with E-state index < -0.39 is 5.41 Å². The van der Waals surface area contributed by atoms with E-state index in [-0.39, 0.29) is 0 Å². The van der Waals surface area contributed by atoms with Crippen LogP contribution in [-0.2, 0) is 5.41 Å². The monoisotopic (exact) mass is 715 g/mol. The summed E-state index contributed by atoms with van der Waals surface area (Å²) in [6.45, 7) is 0. The summed E-state index contributed by atoms with van der Waals surface area (Å²) in [6.07, 6.45) is 0. The van der Waals surface area contributed by atoms with Crippen molar-refractivity contribution in [2.24, 2.45) is 0 Å². The van der Waals surface area contributed by atoms with Gasteiger partial charge in [0, 0.05) is 44.7 Å². The van der Waals surface area contributed by atoms with Gasteiger partial charge >= 0.3 is 0 Å². The Bertz CT molecular complexity index is 3270. The molecule has 3 heteroatoms. The van der Waals surface area contributed by atoms with E-state index in [0.29, 0.717) is 0 Å². The number of para-hydroxylation sites is 2. The number of anilines is 3. The van der Waals surface area contributed by atoms with Crippen molar-refractivity contribution < 1.29 is 8.83 Å². The minimum absolute atomic E-state index is 0.505. The molecule has 56 heavy (non-hydrogen) atoms. The molecule has 0 saturated heterocycles. The molecular weight excluding hydrogens is 683 g/mol. The summed E-state index contributed by atoms with van der Waals surface area (Å²) in [7, 11) is 0. The number of furan rings is 2. The number of fused-ring (bicyclic) bond motifs is 13. The fraction of sp³-hybridized carbons (Fsp3) is 0.0189. The lowest BCUT2D eigenvalue weighted by Gasteiger charge is -2.35. The number of nitrogens with zero attached hydrogens (tertiary/aromatic N) is 1. The molecule has 262 valence electrons. The average Bonchev–Trinajstić information content (AvgIpc) is 3.94. The van der Waals surface area contributed by atoms with Crippen molar-refractivity contribution >= 4 is 71.7 Å². The topological polar surface area (TPSA) is 29.5 Å². The molecule has 0 spiro atoms. The third-order valence-electron chi connectivity index (χ3n) is 11.9. The van der Waals surface area contributed by atoms with Crippen LogP contribution in [0.3, 0.4) is 0 Å². The largest absolute Gasteiger partial charge is 0.455 e. The predicted molar refractivity (Wildman–Crippen MR) is 230 cm³/mol. The van der Waals surface area contributed by atoms with Gasteiger partial charge in [-0.1, -0.05) is 152 Å². The SMILES string of the molecule is c1ccc(N(c2ccc3c(c2)C(c2ccccc2)(c2ccccc2)c2ccccc2-3)c2ccc3c(c2)oc2c3c3ccccc3c3oc4ccccc4c32)cc1. The molecule has 0 unspecified atom stereocenters. The predicted octanol–water partition coefficient (Wildman–Crippen LogP) is 14.5. The van der Waals surface area contributed by atoms with Crippen LogP contribution in [0.1, 0.15) is 22.3 Å². The van der Waals surface area contributed by atoms with Gasteiger partial charge in [-0.15, -0.1) is 0 Å². The molecular formula is C53H33NO2. The summed E-state index contributed by atoms with van der Waals surface area (Å²) in [5.41, 5.74) is 13.6. The minimum Gasteiger partial charge on any atom is -0.455 e. The molecule has 2 heterocycles. The van der Waals surface area contributed by atoms with Crippen LogP contribution in [-0.4, -0.2) is 0 Å². The molecule has 1 aliphatic rings. The first-order valence-electron chi connectivity index (χ1n) is 19.2. The van der Waals surface area contributed by atoms with E-state index in [0.717, 1.165) is 71.7 Å². The van der Waals surface area contributed by atoms with Crippen LogP contribution in [0.4, 0.5) is 17.1 Å². The highest BCUT2D eigenvalue weighted by atomic mass is 16.3. The summed E-state index contributed by atoms with van der Waals surface area (Å²) in [5, 5.41) is 6.47. The second kappa shape index (κ2) is 11.8. The van der Waals surface area contributed by atoms with Gasteiger partial charge in [0.2, 0.25) is 0 Å². The van der Waals surface area contributed by atoms with Gasteiger partial charge in [-0.3, -0.25) is 0 Å². The fourth-order valence-electron chi connectivity index (χ4n) is 9.62. The van der Waals surface area contributed by atoms with Gasteiger partial charge in [-0.2, -0.15) is 0 Å². The number of hydrogen-bond acceptors (Lipinski definition) is 3. The molecule has 11 aromatic rings. The van der Waals surface area contributed by atoms with Crippen molar-refractivity contribution in [3.63, 3.8) is 0 Å². The Morgan fingerprint density at radius 1 is 0.339 bits per heavy atom. The van der Waals surface area contributed by atoms with E-state index in [4.69, 9.17) is 8.83 Å². The Hall–Kier alpha value is -7.36. The van der Waals surface area contributed by atoms with E-state index in [1.165, 1.54) is 33.4 Å². The maximum Gasteiger partial charge on any atom is 0.147 e. The van der Waals surface area contributed by atoms with Crippen molar-refractivity contribution in [1.82, 2.24) is 0 Å². The summed E-state index contributed by atoms with van der Waals surface area (Å²) in [4.78, 5) is 2.36. The van der Waals surface area contributed by atoms with Crippen molar-refractivity contribution in [2.75, 3.05) is 4.90 Å². The highest BCUT2D eigenvalue weighted by Crippen LogP contribution is 2.57. The standard InChI is InChI=1S/C53H33NO2/c1-4-16-34(17-5-1)53(35-18-6-2-7-19-35)45-26-14-12-22-39(45)40-30-28-37(32-46(40)53)54(36-20-8-3-9-21-36)38-29-31-44-48(33-38)56-52-49(44)41-23-10-11-24-42(41)51-50(52)43-25-13-15-27-47(43)55-51/h1-33H. The molecule has 12 rings (SSSR count). The molecule has 0 fully saturated rings. The molecule has 2 aromatic heterocycles. The second-order valence-corrected chi connectivity index (χ2v) is 14.8. The molecule has 0 amide bonds. The zero-order chi connectivity index (χ0) is 36.8. The van der Waals surface area contributed by atoms with Crippen molar-refractivity contribution in [2.45, 2.75) is 5.41 Å². The second-order valence-electron chi connectivity index (χ2n) is 14.8. The van der Waals surface area contributed by atoms with Crippen molar-refractivity contribution in [3.8, 4) is 11.1 Å². The van der Waals surface area contributed by atoms with E-state index in [1.807, 2.05) is 12.1 Å². The number of benzene rings is 9. The Morgan fingerprint density at radius 3 is 1.66 bits per heavy atom. The van der Waals surface area contributed by atoms with Gasteiger partial charge in [0.25, 0.3) is 0 Å². The lowest BCUT2D eigenvalue weighted by Crippen LogP contribution is -2.28. The van der Waals surface area contributed by atoms with E-state index in [1.54, 1.807) is 0 Å². The molecule has 0 saturated carbocycles. The van der Waals surface area contributed by atoms with Gasteiger partial charge in [0.05, 0.1) is 10.8 Å². The lowest BCUT2D eigenvalue weighted by molar-refractivity contribution is 0.665. The Kier molecular flexibility index (Phi) is 6.55. The van der Waals surface area contributed by atoms with Crippen molar-refractivity contribution in [1.29, 1.82) is 0 Å². The maximum atomic E-state index is 6.98. The summed E-state index contributed by atoms with van der Waals surface area (Å²) >= 11 is 0. The molecule has 0 atom stereocenters. The minimum atomic E-state index is -0.505. The van der Waals surface area contributed by atoms with Gasteiger partial charge in [0.1, 0.15) is 22.3 Å². The number of rotatable bonds is 5. The van der Waals surface area contributed by atoms with Crippen LogP contribution in [0.2, 0.25) is 0 Å². The smallest absolute Gasteiger partial charge is 0.147 e. The summed E-state index contributed by atoms with van der Waals surface area (Å²) in [6, 6.07) is 72.0. The third-order valence-corrected chi connectivity index (χ3v) is 11.9. The first kappa shape index (κ1) is 31.0. The highest BCUT2D eigenvalue weighted by molar-refractivity contribution is 6.33. The third kappa shape index (κ3) is 4.22. The molecule has 1 aliphatic carbocycles. The van der Waals surface area contributed by atoms with Gasteiger partial charge < -0.3 is 13.7 Å². The Labute approximate surface area is 323 Å². The van der Waals surface area contributed by atoms with Crippen LogP contribution in [0.5, 0.6) is 0 Å². The maximum absolute atomic E-state index is 6.98. The first-order chi connectivity index (χ1) is 27.8. The van der Waals surface area contributed by atoms with Gasteiger partial charge in [0.15, 0.2) is 0 Å².